The molecule has 26 heavy (non-hydrogen) atoms. The Morgan fingerprint density at radius 1 is 1.15 bits per heavy atom. The molecule has 1 atom stereocenters. The minimum Gasteiger partial charge on any atom is -0.480 e. The van der Waals surface area contributed by atoms with Crippen molar-refractivity contribution in [2.45, 2.75) is 57.2 Å². The number of pyridine rings is 1. The van der Waals surface area contributed by atoms with Gasteiger partial charge < -0.3 is 5.11 Å². The first kappa shape index (κ1) is 18.4. The third kappa shape index (κ3) is 3.88. The van der Waals surface area contributed by atoms with Crippen LogP contribution in [0.3, 0.4) is 0 Å². The Balaban J connectivity index is 1.98. The molecule has 0 bridgehead atoms. The molecule has 1 aromatic heterocycles. The fourth-order valence-corrected chi connectivity index (χ4v) is 3.88. The molecule has 5 nitrogen and oxygen atoms in total. The van der Waals surface area contributed by atoms with Gasteiger partial charge in [-0.2, -0.15) is 0 Å². The van der Waals surface area contributed by atoms with Gasteiger partial charge in [0.1, 0.15) is 6.04 Å². The highest BCUT2D eigenvalue weighted by Crippen LogP contribution is 2.32. The molecule has 1 aliphatic rings. The van der Waals surface area contributed by atoms with Gasteiger partial charge in [-0.3, -0.25) is 19.5 Å². The van der Waals surface area contributed by atoms with Crippen LogP contribution in [0.4, 0.5) is 0 Å². The molecule has 2 N–H and O–H groups in total. The van der Waals surface area contributed by atoms with Gasteiger partial charge >= 0.3 is 5.97 Å². The van der Waals surface area contributed by atoms with E-state index in [0.29, 0.717) is 6.42 Å². The van der Waals surface area contributed by atoms with E-state index in [9.17, 15) is 14.7 Å². The van der Waals surface area contributed by atoms with E-state index in [2.05, 4.69) is 5.32 Å². The molecule has 0 spiro atoms. The minimum atomic E-state index is -0.900. The van der Waals surface area contributed by atoms with Gasteiger partial charge in [-0.05, 0) is 44.2 Å². The van der Waals surface area contributed by atoms with E-state index in [4.69, 9.17) is 0 Å². The van der Waals surface area contributed by atoms with E-state index in [1.54, 1.807) is 17.7 Å². The van der Waals surface area contributed by atoms with Crippen molar-refractivity contribution < 1.29 is 9.90 Å². The zero-order chi connectivity index (χ0) is 18.6. The number of hydrogen-bond donors (Lipinski definition) is 2. The summed E-state index contributed by atoms with van der Waals surface area (Å²) in [4.78, 5) is 24.6. The van der Waals surface area contributed by atoms with Crippen LogP contribution in [0.1, 0.15) is 50.2 Å². The van der Waals surface area contributed by atoms with Crippen molar-refractivity contribution in [1.29, 1.82) is 0 Å². The molecule has 0 radical (unpaired) electrons. The first-order valence-corrected chi connectivity index (χ1v) is 9.27. The van der Waals surface area contributed by atoms with Crippen LogP contribution < -0.4 is 10.9 Å². The summed E-state index contributed by atoms with van der Waals surface area (Å²) >= 11 is 0. The van der Waals surface area contributed by atoms with E-state index in [-0.39, 0.29) is 5.56 Å². The zero-order valence-electron chi connectivity index (χ0n) is 15.1. The SMILES string of the molecule is CC(NC1(n2cccc(Cc3ccccc3)c2=O)CCCCC1)C(=O)O. The van der Waals surface area contributed by atoms with Crippen LogP contribution in [0.2, 0.25) is 0 Å². The maximum absolute atomic E-state index is 13.2. The van der Waals surface area contributed by atoms with Crippen molar-refractivity contribution in [2.24, 2.45) is 0 Å². The fourth-order valence-electron chi connectivity index (χ4n) is 3.88. The summed E-state index contributed by atoms with van der Waals surface area (Å²) in [5.74, 6) is -0.900. The largest absolute Gasteiger partial charge is 0.480 e. The third-order valence-electron chi connectivity index (χ3n) is 5.26. The molecule has 2 aromatic rings. The molecule has 1 heterocycles. The van der Waals surface area contributed by atoms with Crippen molar-refractivity contribution in [3.8, 4) is 0 Å². The molecular weight excluding hydrogens is 328 g/mol. The first-order chi connectivity index (χ1) is 12.5. The predicted molar refractivity (Wildman–Crippen MR) is 101 cm³/mol. The Hall–Kier alpha value is -2.40. The maximum Gasteiger partial charge on any atom is 0.320 e. The number of carboxylic acids is 1. The topological polar surface area (TPSA) is 71.3 Å². The van der Waals surface area contributed by atoms with Crippen LogP contribution in [0.15, 0.2) is 53.5 Å². The quantitative estimate of drug-likeness (QED) is 0.836. The zero-order valence-corrected chi connectivity index (χ0v) is 15.1. The van der Waals surface area contributed by atoms with Crippen LogP contribution in [-0.4, -0.2) is 21.7 Å². The maximum atomic E-state index is 13.2. The number of carboxylic acid groups (broad SMARTS) is 1. The van der Waals surface area contributed by atoms with E-state index in [1.807, 2.05) is 42.5 Å². The second-order valence-electron chi connectivity index (χ2n) is 7.17. The highest BCUT2D eigenvalue weighted by Gasteiger charge is 2.37. The van der Waals surface area contributed by atoms with Crippen molar-refractivity contribution >= 4 is 5.97 Å². The van der Waals surface area contributed by atoms with Gasteiger partial charge in [-0.1, -0.05) is 42.8 Å². The number of aliphatic carboxylic acids is 1. The lowest BCUT2D eigenvalue weighted by atomic mass is 9.87. The molecule has 0 aliphatic heterocycles. The Labute approximate surface area is 153 Å². The Morgan fingerprint density at radius 3 is 2.50 bits per heavy atom. The van der Waals surface area contributed by atoms with Gasteiger partial charge in [-0.15, -0.1) is 0 Å². The Bertz CT molecular complexity index is 808. The monoisotopic (exact) mass is 354 g/mol. The van der Waals surface area contributed by atoms with E-state index >= 15 is 0 Å². The molecule has 138 valence electrons. The van der Waals surface area contributed by atoms with Crippen molar-refractivity contribution in [1.82, 2.24) is 9.88 Å². The lowest BCUT2D eigenvalue weighted by Gasteiger charge is -2.41. The number of benzene rings is 1. The van der Waals surface area contributed by atoms with Crippen LogP contribution in [0, 0.1) is 0 Å². The normalized spacial score (nSPS) is 17.6. The van der Waals surface area contributed by atoms with Crippen LogP contribution in [-0.2, 0) is 16.9 Å². The Kier molecular flexibility index (Phi) is 5.57. The smallest absolute Gasteiger partial charge is 0.320 e. The molecule has 0 saturated heterocycles. The average molecular weight is 354 g/mol. The third-order valence-corrected chi connectivity index (χ3v) is 5.26. The summed E-state index contributed by atoms with van der Waals surface area (Å²) in [5, 5.41) is 12.6. The molecule has 1 unspecified atom stereocenters. The summed E-state index contributed by atoms with van der Waals surface area (Å²) in [6.07, 6.45) is 6.97. The number of aromatic nitrogens is 1. The predicted octanol–water partition coefficient (Wildman–Crippen LogP) is 3.12. The number of hydrogen-bond acceptors (Lipinski definition) is 3. The molecule has 3 rings (SSSR count). The Morgan fingerprint density at radius 2 is 1.85 bits per heavy atom. The summed E-state index contributed by atoms with van der Waals surface area (Å²) < 4.78 is 1.74. The summed E-state index contributed by atoms with van der Waals surface area (Å²) in [7, 11) is 0. The van der Waals surface area contributed by atoms with Gasteiger partial charge in [-0.25, -0.2) is 0 Å². The van der Waals surface area contributed by atoms with Gasteiger partial charge in [0.25, 0.3) is 5.56 Å². The second-order valence-corrected chi connectivity index (χ2v) is 7.17. The van der Waals surface area contributed by atoms with Crippen molar-refractivity contribution in [2.75, 3.05) is 0 Å². The van der Waals surface area contributed by atoms with Crippen LogP contribution in [0.25, 0.3) is 0 Å². The van der Waals surface area contributed by atoms with E-state index < -0.39 is 17.7 Å². The average Bonchev–Trinajstić information content (AvgIpc) is 2.65. The minimum absolute atomic E-state index is 0.0386. The molecule has 1 aromatic carbocycles. The first-order valence-electron chi connectivity index (χ1n) is 9.27. The molecule has 5 heteroatoms. The number of nitrogens with zero attached hydrogens (tertiary/aromatic N) is 1. The number of nitrogens with one attached hydrogen (secondary N) is 1. The highest BCUT2D eigenvalue weighted by atomic mass is 16.4. The van der Waals surface area contributed by atoms with Crippen LogP contribution >= 0.6 is 0 Å². The van der Waals surface area contributed by atoms with E-state index in [1.165, 1.54) is 0 Å². The number of carbonyl (C=O) groups is 1. The van der Waals surface area contributed by atoms with Crippen LogP contribution in [0.5, 0.6) is 0 Å². The number of rotatable bonds is 6. The van der Waals surface area contributed by atoms with Crippen molar-refractivity contribution in [3.05, 3.63) is 70.1 Å². The van der Waals surface area contributed by atoms with Crippen molar-refractivity contribution in [3.63, 3.8) is 0 Å². The lowest BCUT2D eigenvalue weighted by Crippen LogP contribution is -2.57. The molecular formula is C21H26N2O3. The standard InChI is InChI=1S/C21H26N2O3/c1-16(20(25)26)22-21(12-6-3-7-13-21)23-14-8-11-18(19(23)24)15-17-9-4-2-5-10-17/h2,4-5,8-11,14,16,22H,3,6-7,12-13,15H2,1H3,(H,25,26). The van der Waals surface area contributed by atoms with Gasteiger partial charge in [0.2, 0.25) is 0 Å². The van der Waals surface area contributed by atoms with E-state index in [0.717, 1.165) is 43.2 Å². The molecule has 1 saturated carbocycles. The van der Waals surface area contributed by atoms with Gasteiger partial charge in [0, 0.05) is 18.2 Å². The second kappa shape index (κ2) is 7.87. The molecule has 1 fully saturated rings. The molecule has 0 amide bonds. The fraction of sp³-hybridized carbons (Fsp3) is 0.429. The van der Waals surface area contributed by atoms with Gasteiger partial charge in [0.15, 0.2) is 0 Å². The highest BCUT2D eigenvalue weighted by molar-refractivity contribution is 5.72. The lowest BCUT2D eigenvalue weighted by molar-refractivity contribution is -0.140. The summed E-state index contributed by atoms with van der Waals surface area (Å²) in [6.45, 7) is 1.64. The van der Waals surface area contributed by atoms with Gasteiger partial charge in [0.05, 0.1) is 5.66 Å². The summed E-state index contributed by atoms with van der Waals surface area (Å²) in [6, 6.07) is 13.0. The molecule has 1 aliphatic carbocycles. The summed E-state index contributed by atoms with van der Waals surface area (Å²) in [5.41, 5.74) is 1.16.